The Morgan fingerprint density at radius 1 is 0.952 bits per heavy atom. The summed E-state index contributed by atoms with van der Waals surface area (Å²) in [6.45, 7) is 12.2. The van der Waals surface area contributed by atoms with E-state index >= 15 is 0 Å². The molecule has 1 fully saturated rings. The Morgan fingerprint density at radius 2 is 1.43 bits per heavy atom. The molecule has 0 N–H and O–H groups in total. The molecule has 21 heavy (non-hydrogen) atoms. The third-order valence-electron chi connectivity index (χ3n) is 5.16. The number of hydrogen-bond donors (Lipinski definition) is 0. The molecule has 2 heteroatoms. The van der Waals surface area contributed by atoms with Crippen molar-refractivity contribution in [2.45, 2.75) is 97.2 Å². The highest BCUT2D eigenvalue weighted by molar-refractivity contribution is 6.64. The molecule has 0 saturated carbocycles. The van der Waals surface area contributed by atoms with E-state index in [0.29, 0.717) is 6.04 Å². The fourth-order valence-electron chi connectivity index (χ4n) is 3.69. The van der Waals surface area contributed by atoms with Crippen LogP contribution in [-0.2, 0) is 0 Å². The van der Waals surface area contributed by atoms with Crippen molar-refractivity contribution in [1.82, 2.24) is 4.90 Å². The summed E-state index contributed by atoms with van der Waals surface area (Å²) in [7, 11) is -0.620. The molecule has 0 aromatic carbocycles. The minimum Gasteiger partial charge on any atom is -0.297 e. The topological polar surface area (TPSA) is 3.24 Å². The first-order chi connectivity index (χ1) is 10.2. The van der Waals surface area contributed by atoms with E-state index in [4.69, 9.17) is 0 Å². The maximum atomic E-state index is 2.76. The van der Waals surface area contributed by atoms with Crippen molar-refractivity contribution in [1.29, 1.82) is 0 Å². The first kappa shape index (κ1) is 19.0. The van der Waals surface area contributed by atoms with Crippen LogP contribution < -0.4 is 0 Å². The van der Waals surface area contributed by atoms with Crippen LogP contribution in [0.1, 0.15) is 79.1 Å². The van der Waals surface area contributed by atoms with Gasteiger partial charge >= 0.3 is 0 Å². The SMILES string of the molecule is CCC[SiH](C=C(C)C(C)N1CCCCCCCC1)CCC. The van der Waals surface area contributed by atoms with Gasteiger partial charge in [-0.15, -0.1) is 0 Å². The van der Waals surface area contributed by atoms with Gasteiger partial charge in [0.25, 0.3) is 0 Å². The average molecular weight is 310 g/mol. The van der Waals surface area contributed by atoms with Crippen LogP contribution in [0, 0.1) is 0 Å². The first-order valence-electron chi connectivity index (χ1n) is 9.61. The van der Waals surface area contributed by atoms with Crippen LogP contribution in [0.25, 0.3) is 0 Å². The van der Waals surface area contributed by atoms with Gasteiger partial charge in [-0.3, -0.25) is 4.90 Å². The molecule has 1 aliphatic rings. The Balaban J connectivity index is 2.61. The summed E-state index contributed by atoms with van der Waals surface area (Å²) in [6, 6.07) is 3.67. The van der Waals surface area contributed by atoms with Gasteiger partial charge in [-0.05, 0) is 39.8 Å². The van der Waals surface area contributed by atoms with E-state index in [1.807, 2.05) is 0 Å². The Bertz CT molecular complexity index is 271. The lowest BCUT2D eigenvalue weighted by molar-refractivity contribution is 0.228. The molecule has 0 aromatic rings. The van der Waals surface area contributed by atoms with Crippen LogP contribution in [0.15, 0.2) is 11.3 Å². The van der Waals surface area contributed by atoms with Gasteiger partial charge in [-0.1, -0.05) is 75.7 Å². The van der Waals surface area contributed by atoms with Crippen molar-refractivity contribution < 1.29 is 0 Å². The van der Waals surface area contributed by atoms with E-state index in [1.165, 1.54) is 76.5 Å². The number of nitrogens with zero attached hydrogens (tertiary/aromatic N) is 1. The van der Waals surface area contributed by atoms with Crippen LogP contribution in [0.4, 0.5) is 0 Å². The second-order valence-corrected chi connectivity index (χ2v) is 10.1. The minimum absolute atomic E-state index is 0.620. The molecule has 1 nitrogen and oxygen atoms in total. The van der Waals surface area contributed by atoms with Crippen LogP contribution in [0.2, 0.25) is 12.1 Å². The van der Waals surface area contributed by atoms with E-state index in [2.05, 4.69) is 38.3 Å². The molecule has 124 valence electrons. The van der Waals surface area contributed by atoms with E-state index < -0.39 is 8.80 Å². The number of hydrogen-bond acceptors (Lipinski definition) is 1. The maximum Gasteiger partial charge on any atom is 0.0615 e. The summed E-state index contributed by atoms with van der Waals surface area (Å²) in [5, 5.41) is 0. The monoisotopic (exact) mass is 309 g/mol. The Morgan fingerprint density at radius 3 is 1.90 bits per heavy atom. The van der Waals surface area contributed by atoms with Crippen molar-refractivity contribution in [3.8, 4) is 0 Å². The van der Waals surface area contributed by atoms with Gasteiger partial charge in [0, 0.05) is 6.04 Å². The van der Waals surface area contributed by atoms with Crippen LogP contribution >= 0.6 is 0 Å². The zero-order valence-corrected chi connectivity index (χ0v) is 16.3. The van der Waals surface area contributed by atoms with Crippen LogP contribution in [-0.4, -0.2) is 32.8 Å². The van der Waals surface area contributed by atoms with Crippen molar-refractivity contribution in [2.24, 2.45) is 0 Å². The zero-order chi connectivity index (χ0) is 15.5. The second kappa shape index (κ2) is 11.5. The molecule has 0 spiro atoms. The summed E-state index contributed by atoms with van der Waals surface area (Å²) >= 11 is 0. The quantitative estimate of drug-likeness (QED) is 0.556. The van der Waals surface area contributed by atoms with Crippen molar-refractivity contribution in [3.05, 3.63) is 11.3 Å². The molecule has 1 saturated heterocycles. The predicted molar refractivity (Wildman–Crippen MR) is 99.8 cm³/mol. The molecule has 1 aliphatic heterocycles. The van der Waals surface area contributed by atoms with Crippen LogP contribution in [0.5, 0.6) is 0 Å². The zero-order valence-electron chi connectivity index (χ0n) is 15.2. The van der Waals surface area contributed by atoms with E-state index in [0.717, 1.165) is 0 Å². The lowest BCUT2D eigenvalue weighted by Crippen LogP contribution is -2.36. The fourth-order valence-corrected chi connectivity index (χ4v) is 6.81. The highest BCUT2D eigenvalue weighted by atomic mass is 28.3. The summed E-state index contributed by atoms with van der Waals surface area (Å²) < 4.78 is 0. The Kier molecular flexibility index (Phi) is 10.4. The lowest BCUT2D eigenvalue weighted by atomic mass is 10.1. The van der Waals surface area contributed by atoms with Crippen molar-refractivity contribution in [2.75, 3.05) is 13.1 Å². The molecule has 0 radical (unpaired) electrons. The highest BCUT2D eigenvalue weighted by Crippen LogP contribution is 2.18. The van der Waals surface area contributed by atoms with Gasteiger partial charge in [-0.25, -0.2) is 0 Å². The van der Waals surface area contributed by atoms with Gasteiger partial charge in [0.2, 0.25) is 0 Å². The molecule has 0 aromatic heterocycles. The molecule has 1 atom stereocenters. The normalized spacial score (nSPS) is 20.9. The van der Waals surface area contributed by atoms with Gasteiger partial charge in [0.1, 0.15) is 0 Å². The van der Waals surface area contributed by atoms with E-state index in [9.17, 15) is 0 Å². The molecule has 0 bridgehead atoms. The third kappa shape index (κ3) is 7.65. The Labute approximate surface area is 135 Å². The van der Waals surface area contributed by atoms with Gasteiger partial charge in [-0.2, -0.15) is 0 Å². The molecule has 0 amide bonds. The van der Waals surface area contributed by atoms with Gasteiger partial charge in [0.05, 0.1) is 8.80 Å². The summed E-state index contributed by atoms with van der Waals surface area (Å²) in [5.41, 5.74) is 4.41. The minimum atomic E-state index is -0.620. The van der Waals surface area contributed by atoms with Gasteiger partial charge < -0.3 is 0 Å². The standard InChI is InChI=1S/C19H39NSi/c1-5-15-21(16-6-2)17-18(3)19(4)20-13-11-9-7-8-10-12-14-20/h17,19,21H,5-16H2,1-4H3. The van der Waals surface area contributed by atoms with Crippen molar-refractivity contribution >= 4 is 8.80 Å². The second-order valence-electron chi connectivity index (χ2n) is 7.08. The molecular weight excluding hydrogens is 270 g/mol. The third-order valence-corrected chi connectivity index (χ3v) is 8.80. The van der Waals surface area contributed by atoms with E-state index in [-0.39, 0.29) is 0 Å². The average Bonchev–Trinajstić information content (AvgIpc) is 2.60. The van der Waals surface area contributed by atoms with Crippen molar-refractivity contribution in [3.63, 3.8) is 0 Å². The molecule has 1 rings (SSSR count). The van der Waals surface area contributed by atoms with Crippen LogP contribution in [0.3, 0.4) is 0 Å². The maximum absolute atomic E-state index is 2.76. The summed E-state index contributed by atoms with van der Waals surface area (Å²) in [4.78, 5) is 2.76. The Hall–Kier alpha value is -0.0831. The molecular formula is C19H39NSi. The van der Waals surface area contributed by atoms with Gasteiger partial charge in [0.15, 0.2) is 0 Å². The predicted octanol–water partition coefficient (Wildman–Crippen LogP) is 5.56. The fraction of sp³-hybridized carbons (Fsp3) is 0.895. The molecule has 1 unspecified atom stereocenters. The summed E-state index contributed by atoms with van der Waals surface area (Å²) in [6.07, 6.45) is 11.4. The van der Waals surface area contributed by atoms with E-state index in [1.54, 1.807) is 5.57 Å². The smallest absolute Gasteiger partial charge is 0.0615 e. The highest BCUT2D eigenvalue weighted by Gasteiger charge is 2.17. The lowest BCUT2D eigenvalue weighted by Gasteiger charge is -2.30. The first-order valence-corrected chi connectivity index (χ1v) is 11.9. The summed E-state index contributed by atoms with van der Waals surface area (Å²) in [5.74, 6) is 0. The number of rotatable bonds is 7. The molecule has 0 aliphatic carbocycles. The largest absolute Gasteiger partial charge is 0.297 e. The molecule has 1 heterocycles.